The maximum atomic E-state index is 14.2. The Morgan fingerprint density at radius 1 is 0.911 bits per heavy atom. The van der Waals surface area contributed by atoms with Crippen molar-refractivity contribution >= 4 is 17.7 Å². The molecule has 45 heavy (non-hydrogen) atoms. The molecule has 3 amide bonds. The Balaban J connectivity index is 1.61. The van der Waals surface area contributed by atoms with Gasteiger partial charge in [-0.25, -0.2) is 8.78 Å². The van der Waals surface area contributed by atoms with Gasteiger partial charge in [-0.3, -0.25) is 14.4 Å². The van der Waals surface area contributed by atoms with Gasteiger partial charge in [-0.05, 0) is 106 Å². The summed E-state index contributed by atoms with van der Waals surface area (Å²) >= 11 is 0. The third-order valence-electron chi connectivity index (χ3n) is 9.17. The zero-order chi connectivity index (χ0) is 32.5. The molecule has 4 rings (SSSR count). The molecule has 1 heterocycles. The number of halogens is 2. The van der Waals surface area contributed by atoms with E-state index in [4.69, 9.17) is 0 Å². The Hall–Kier alpha value is -3.33. The molecular weight excluding hydrogens is 576 g/mol. The van der Waals surface area contributed by atoms with E-state index in [-0.39, 0.29) is 29.4 Å². The quantitative estimate of drug-likeness (QED) is 0.278. The van der Waals surface area contributed by atoms with E-state index in [9.17, 15) is 28.3 Å². The van der Waals surface area contributed by atoms with Crippen LogP contribution in [0.4, 0.5) is 8.78 Å². The highest BCUT2D eigenvalue weighted by atomic mass is 19.1. The minimum Gasteiger partial charge on any atom is -0.389 e. The number of hydrogen-bond donors (Lipinski definition) is 2. The Bertz CT molecular complexity index is 1300. The van der Waals surface area contributed by atoms with Crippen molar-refractivity contribution in [3.63, 3.8) is 0 Å². The number of likely N-dealkylation sites (tertiary alicyclic amines) is 1. The first kappa shape index (κ1) is 34.5. The molecular formula is C36H49F2N3O4. The summed E-state index contributed by atoms with van der Waals surface area (Å²) in [6, 6.07) is 6.68. The van der Waals surface area contributed by atoms with Gasteiger partial charge in [0.15, 0.2) is 0 Å². The Labute approximate surface area is 266 Å². The number of aliphatic hydroxyl groups is 1. The molecule has 2 aliphatic rings. The van der Waals surface area contributed by atoms with Crippen LogP contribution < -0.4 is 5.32 Å². The van der Waals surface area contributed by atoms with Crippen molar-refractivity contribution in [2.45, 2.75) is 110 Å². The van der Waals surface area contributed by atoms with Crippen molar-refractivity contribution in [2.75, 3.05) is 19.6 Å². The number of benzene rings is 2. The summed E-state index contributed by atoms with van der Waals surface area (Å²) in [5, 5.41) is 14.8. The van der Waals surface area contributed by atoms with Crippen LogP contribution in [0.2, 0.25) is 0 Å². The summed E-state index contributed by atoms with van der Waals surface area (Å²) in [6.07, 6.45) is 7.39. The van der Waals surface area contributed by atoms with Crippen LogP contribution in [-0.4, -0.2) is 70.4 Å². The number of carbonyl (C=O) groups excluding carboxylic acids is 3. The topological polar surface area (TPSA) is 89.9 Å². The number of carbonyl (C=O) groups is 3. The molecule has 2 aromatic carbocycles. The van der Waals surface area contributed by atoms with Crippen molar-refractivity contribution in [2.24, 2.45) is 5.92 Å². The van der Waals surface area contributed by atoms with E-state index < -0.39 is 35.7 Å². The van der Waals surface area contributed by atoms with Crippen molar-refractivity contribution < 1.29 is 28.3 Å². The number of piperidine rings is 1. The van der Waals surface area contributed by atoms with Crippen LogP contribution in [0.25, 0.3) is 0 Å². The second-order valence-corrected chi connectivity index (χ2v) is 12.9. The molecule has 246 valence electrons. The summed E-state index contributed by atoms with van der Waals surface area (Å²) < 4.78 is 28.4. The highest BCUT2D eigenvalue weighted by Crippen LogP contribution is 2.31. The van der Waals surface area contributed by atoms with Gasteiger partial charge >= 0.3 is 0 Å². The number of aliphatic hydroxyl groups excluding tert-OH is 1. The van der Waals surface area contributed by atoms with Gasteiger partial charge < -0.3 is 20.2 Å². The summed E-state index contributed by atoms with van der Waals surface area (Å²) in [6.45, 7) is 7.58. The molecule has 2 aromatic rings. The van der Waals surface area contributed by atoms with Gasteiger partial charge in [0.05, 0.1) is 18.2 Å². The van der Waals surface area contributed by atoms with Gasteiger partial charge in [-0.2, -0.15) is 0 Å². The number of amides is 3. The van der Waals surface area contributed by atoms with Gasteiger partial charge in [0.2, 0.25) is 5.91 Å². The summed E-state index contributed by atoms with van der Waals surface area (Å²) in [4.78, 5) is 44.2. The van der Waals surface area contributed by atoms with E-state index in [1.165, 1.54) is 12.1 Å². The average molecular weight is 626 g/mol. The number of nitrogens with one attached hydrogen (secondary N) is 1. The molecule has 3 atom stereocenters. The van der Waals surface area contributed by atoms with Gasteiger partial charge in [0, 0.05) is 43.2 Å². The average Bonchev–Trinajstić information content (AvgIpc) is 3.52. The standard InChI is InChI=1S/C36H49F2N3O4/c1-4-13-40(14-5-2)36(45)28-17-24(3)16-27(22-28)35(44)39-31(20-26-18-29(37)23-30(38)19-26)34(43)32-12-8-9-15-41(32)33(42)21-25-10-6-7-11-25/h16-19,22-23,25,31-32,34,43H,4-15,20-21H2,1-3H3,(H,39,44)/t31-,32?,34?/m0/s1. The SMILES string of the molecule is CCCN(CCC)C(=O)c1cc(C)cc(C(=O)N[C@@H](Cc2cc(F)cc(F)c2)C(O)C2CCCCN2C(=O)CC2CCCC2)c1. The normalized spacial score (nSPS) is 18.4. The number of hydrogen-bond acceptors (Lipinski definition) is 4. The number of aryl methyl sites for hydroxylation is 1. The van der Waals surface area contributed by atoms with Gasteiger partial charge in [-0.15, -0.1) is 0 Å². The fraction of sp³-hybridized carbons (Fsp3) is 0.583. The first-order valence-electron chi connectivity index (χ1n) is 16.7. The van der Waals surface area contributed by atoms with Crippen LogP contribution in [-0.2, 0) is 11.2 Å². The third kappa shape index (κ3) is 9.35. The van der Waals surface area contributed by atoms with E-state index in [1.54, 1.807) is 28.0 Å². The van der Waals surface area contributed by atoms with Crippen LogP contribution >= 0.6 is 0 Å². The molecule has 1 aliphatic heterocycles. The van der Waals surface area contributed by atoms with Crippen molar-refractivity contribution in [3.8, 4) is 0 Å². The molecule has 0 aromatic heterocycles. The largest absolute Gasteiger partial charge is 0.389 e. The minimum atomic E-state index is -1.18. The predicted octanol–water partition coefficient (Wildman–Crippen LogP) is 6.20. The first-order chi connectivity index (χ1) is 21.6. The Morgan fingerprint density at radius 2 is 1.53 bits per heavy atom. The fourth-order valence-electron chi connectivity index (χ4n) is 7.04. The molecule has 0 radical (unpaired) electrons. The zero-order valence-corrected chi connectivity index (χ0v) is 27.0. The molecule has 9 heteroatoms. The van der Waals surface area contributed by atoms with Gasteiger partial charge in [0.25, 0.3) is 11.8 Å². The van der Waals surface area contributed by atoms with E-state index in [2.05, 4.69) is 5.32 Å². The predicted molar refractivity (Wildman–Crippen MR) is 171 cm³/mol. The minimum absolute atomic E-state index is 0.0121. The summed E-state index contributed by atoms with van der Waals surface area (Å²) in [5.41, 5.74) is 1.68. The van der Waals surface area contributed by atoms with Crippen LogP contribution in [0.3, 0.4) is 0 Å². The Morgan fingerprint density at radius 3 is 2.18 bits per heavy atom. The van der Waals surface area contributed by atoms with E-state index in [1.807, 2.05) is 20.8 Å². The van der Waals surface area contributed by atoms with E-state index in [0.717, 1.165) is 63.0 Å². The lowest BCUT2D eigenvalue weighted by molar-refractivity contribution is -0.139. The number of rotatable bonds is 13. The smallest absolute Gasteiger partial charge is 0.253 e. The monoisotopic (exact) mass is 625 g/mol. The highest BCUT2D eigenvalue weighted by molar-refractivity contribution is 6.00. The van der Waals surface area contributed by atoms with E-state index >= 15 is 0 Å². The summed E-state index contributed by atoms with van der Waals surface area (Å²) in [7, 11) is 0. The molecule has 0 bridgehead atoms. The maximum Gasteiger partial charge on any atom is 0.253 e. The molecule has 1 aliphatic carbocycles. The molecule has 1 saturated heterocycles. The fourth-order valence-corrected chi connectivity index (χ4v) is 7.04. The Kier molecular flexibility index (Phi) is 12.5. The van der Waals surface area contributed by atoms with Crippen LogP contribution in [0.1, 0.15) is 110 Å². The highest BCUT2D eigenvalue weighted by Gasteiger charge is 2.38. The lowest BCUT2D eigenvalue weighted by Crippen LogP contribution is -2.58. The van der Waals surface area contributed by atoms with Crippen molar-refractivity contribution in [1.82, 2.24) is 15.1 Å². The first-order valence-corrected chi connectivity index (χ1v) is 16.7. The molecule has 0 spiro atoms. The molecule has 2 unspecified atom stereocenters. The molecule has 2 N–H and O–H groups in total. The lowest BCUT2D eigenvalue weighted by Gasteiger charge is -2.41. The third-order valence-corrected chi connectivity index (χ3v) is 9.17. The molecule has 2 fully saturated rings. The van der Waals surface area contributed by atoms with Crippen LogP contribution in [0.15, 0.2) is 36.4 Å². The van der Waals surface area contributed by atoms with Crippen LogP contribution in [0.5, 0.6) is 0 Å². The molecule has 1 saturated carbocycles. The van der Waals surface area contributed by atoms with Crippen molar-refractivity contribution in [1.29, 1.82) is 0 Å². The zero-order valence-electron chi connectivity index (χ0n) is 27.0. The molecule has 7 nitrogen and oxygen atoms in total. The van der Waals surface area contributed by atoms with E-state index in [0.29, 0.717) is 44.0 Å². The van der Waals surface area contributed by atoms with Gasteiger partial charge in [0.1, 0.15) is 11.6 Å². The second kappa shape index (κ2) is 16.3. The van der Waals surface area contributed by atoms with Crippen LogP contribution in [0, 0.1) is 24.5 Å². The summed E-state index contributed by atoms with van der Waals surface area (Å²) in [5.74, 6) is -1.79. The lowest BCUT2D eigenvalue weighted by atomic mass is 9.89. The van der Waals surface area contributed by atoms with Crippen molar-refractivity contribution in [3.05, 3.63) is 70.3 Å². The second-order valence-electron chi connectivity index (χ2n) is 12.9. The maximum absolute atomic E-state index is 14.2. The van der Waals surface area contributed by atoms with Gasteiger partial charge in [-0.1, -0.05) is 26.7 Å². The number of nitrogens with zero attached hydrogens (tertiary/aromatic N) is 2.